The maximum Gasteiger partial charge on any atom is 0.203 e. The van der Waals surface area contributed by atoms with Gasteiger partial charge in [-0.25, -0.2) is 4.98 Å². The van der Waals surface area contributed by atoms with Crippen molar-refractivity contribution >= 4 is 44.1 Å². The molecule has 0 fully saturated rings. The van der Waals surface area contributed by atoms with E-state index < -0.39 is 0 Å². The molecule has 2 aromatic heterocycles. The number of para-hydroxylation sites is 2. The van der Waals surface area contributed by atoms with Crippen molar-refractivity contribution in [2.24, 2.45) is 0 Å². The number of halogens is 1. The van der Waals surface area contributed by atoms with Crippen molar-refractivity contribution in [1.82, 2.24) is 4.98 Å². The summed E-state index contributed by atoms with van der Waals surface area (Å²) in [6.45, 7) is 1.97. The number of carbonyl (C=O) groups is 1. The van der Waals surface area contributed by atoms with Gasteiger partial charge in [-0.2, -0.15) is 0 Å². The van der Waals surface area contributed by atoms with Gasteiger partial charge in [0.2, 0.25) is 5.89 Å². The molecule has 0 spiro atoms. The van der Waals surface area contributed by atoms with Gasteiger partial charge in [0.15, 0.2) is 11.4 Å². The molecule has 19 heavy (non-hydrogen) atoms. The van der Waals surface area contributed by atoms with Crippen LogP contribution in [0.2, 0.25) is 0 Å². The predicted molar refractivity (Wildman–Crippen MR) is 78.8 cm³/mol. The highest BCUT2D eigenvalue weighted by molar-refractivity contribution is 9.11. The Bertz CT molecular complexity index is 707. The van der Waals surface area contributed by atoms with Crippen LogP contribution < -0.4 is 0 Å². The van der Waals surface area contributed by atoms with Gasteiger partial charge in [0, 0.05) is 0 Å². The van der Waals surface area contributed by atoms with Gasteiger partial charge in [0.05, 0.1) is 15.1 Å². The molecule has 0 aliphatic carbocycles. The van der Waals surface area contributed by atoms with Crippen molar-refractivity contribution in [1.29, 1.82) is 0 Å². The molecule has 0 aliphatic rings. The van der Waals surface area contributed by atoms with Crippen molar-refractivity contribution < 1.29 is 9.21 Å². The number of fused-ring (bicyclic) bond motifs is 1. The summed E-state index contributed by atoms with van der Waals surface area (Å²) in [7, 11) is 0. The summed E-state index contributed by atoms with van der Waals surface area (Å²) in [5.41, 5.74) is 2.58. The van der Waals surface area contributed by atoms with Crippen LogP contribution in [0, 0.1) is 6.92 Å². The zero-order valence-electron chi connectivity index (χ0n) is 10.1. The second-order valence-electron chi connectivity index (χ2n) is 4.24. The number of hydrogen-bond donors (Lipinski definition) is 0. The molecule has 2 heterocycles. The average Bonchev–Trinajstić information content (AvgIpc) is 2.93. The first-order chi connectivity index (χ1) is 9.13. The number of rotatable bonds is 3. The van der Waals surface area contributed by atoms with E-state index in [1.54, 1.807) is 0 Å². The molecule has 0 amide bonds. The summed E-state index contributed by atoms with van der Waals surface area (Å²) in [6.07, 6.45) is 0.196. The first-order valence-corrected chi connectivity index (χ1v) is 7.38. The molecule has 0 unspecified atom stereocenters. The van der Waals surface area contributed by atoms with E-state index in [0.29, 0.717) is 11.5 Å². The Morgan fingerprint density at radius 2 is 2.21 bits per heavy atom. The van der Waals surface area contributed by atoms with Gasteiger partial charge in [-0.1, -0.05) is 12.1 Å². The fraction of sp³-hybridized carbons (Fsp3) is 0.143. The van der Waals surface area contributed by atoms with Crippen LogP contribution in [0.5, 0.6) is 0 Å². The number of nitrogens with zero attached hydrogens (tertiary/aromatic N) is 1. The number of aryl methyl sites for hydroxylation is 1. The third-order valence-electron chi connectivity index (χ3n) is 2.78. The molecule has 0 saturated heterocycles. The Labute approximate surface area is 122 Å². The Balaban J connectivity index is 1.86. The molecule has 0 saturated carbocycles. The second kappa shape index (κ2) is 4.90. The molecule has 0 N–H and O–H groups in total. The van der Waals surface area contributed by atoms with Crippen LogP contribution in [0.3, 0.4) is 0 Å². The van der Waals surface area contributed by atoms with Crippen molar-refractivity contribution in [3.8, 4) is 0 Å². The summed E-state index contributed by atoms with van der Waals surface area (Å²) in [4.78, 5) is 17.2. The van der Waals surface area contributed by atoms with Crippen molar-refractivity contribution in [3.63, 3.8) is 0 Å². The molecule has 3 nitrogen and oxygen atoms in total. The highest BCUT2D eigenvalue weighted by Gasteiger charge is 2.15. The summed E-state index contributed by atoms with van der Waals surface area (Å²) < 4.78 is 6.55. The van der Waals surface area contributed by atoms with E-state index in [1.165, 1.54) is 11.3 Å². The largest absolute Gasteiger partial charge is 0.440 e. The lowest BCUT2D eigenvalue weighted by Crippen LogP contribution is -2.01. The third kappa shape index (κ3) is 2.48. The van der Waals surface area contributed by atoms with E-state index in [0.717, 1.165) is 19.7 Å². The third-order valence-corrected chi connectivity index (χ3v) is 4.96. The Hall–Kier alpha value is -1.46. The molecule has 5 heteroatoms. The van der Waals surface area contributed by atoms with Crippen LogP contribution in [0.4, 0.5) is 0 Å². The molecular weight excluding hydrogens is 326 g/mol. The molecule has 0 radical (unpaired) electrons. The molecule has 0 aliphatic heterocycles. The topological polar surface area (TPSA) is 43.1 Å². The lowest BCUT2D eigenvalue weighted by atomic mass is 10.2. The molecule has 3 rings (SSSR count). The van der Waals surface area contributed by atoms with Gasteiger partial charge >= 0.3 is 0 Å². The van der Waals surface area contributed by atoms with Gasteiger partial charge in [-0.3, -0.25) is 4.79 Å². The fourth-order valence-corrected chi connectivity index (χ4v) is 3.29. The van der Waals surface area contributed by atoms with Gasteiger partial charge in [0.25, 0.3) is 0 Å². The average molecular weight is 336 g/mol. The van der Waals surface area contributed by atoms with E-state index in [-0.39, 0.29) is 12.2 Å². The van der Waals surface area contributed by atoms with E-state index in [4.69, 9.17) is 4.42 Å². The van der Waals surface area contributed by atoms with E-state index in [1.807, 2.05) is 37.3 Å². The van der Waals surface area contributed by atoms with Gasteiger partial charge in [0.1, 0.15) is 5.52 Å². The number of ketones is 1. The van der Waals surface area contributed by atoms with Gasteiger partial charge < -0.3 is 4.42 Å². The van der Waals surface area contributed by atoms with Crippen molar-refractivity contribution in [2.75, 3.05) is 0 Å². The van der Waals surface area contributed by atoms with Crippen LogP contribution in [0.25, 0.3) is 11.1 Å². The normalized spacial score (nSPS) is 11.1. The molecular formula is C14H10BrNO2S. The van der Waals surface area contributed by atoms with Crippen molar-refractivity contribution in [3.05, 3.63) is 50.4 Å². The molecule has 3 aromatic rings. The number of benzene rings is 1. The van der Waals surface area contributed by atoms with Crippen LogP contribution in [-0.2, 0) is 6.42 Å². The predicted octanol–water partition coefficient (Wildman–Crippen LogP) is 4.39. The molecule has 0 bridgehead atoms. The Morgan fingerprint density at radius 3 is 2.89 bits per heavy atom. The number of thiophene rings is 1. The quantitative estimate of drug-likeness (QED) is 0.667. The number of Topliss-reactive ketones (excluding diaryl/α,β-unsaturated/α-hetero) is 1. The van der Waals surface area contributed by atoms with E-state index in [2.05, 4.69) is 20.9 Å². The monoisotopic (exact) mass is 335 g/mol. The summed E-state index contributed by atoms with van der Waals surface area (Å²) in [5.74, 6) is 0.499. The fourth-order valence-electron chi connectivity index (χ4n) is 1.82. The maximum atomic E-state index is 12.1. The molecule has 1 aromatic carbocycles. The van der Waals surface area contributed by atoms with Gasteiger partial charge in [-0.15, -0.1) is 11.3 Å². The van der Waals surface area contributed by atoms with Crippen LogP contribution in [-0.4, -0.2) is 10.8 Å². The number of carbonyl (C=O) groups excluding carboxylic acids is 1. The zero-order valence-corrected chi connectivity index (χ0v) is 12.5. The number of hydrogen-bond acceptors (Lipinski definition) is 4. The first kappa shape index (κ1) is 12.6. The SMILES string of the molecule is Cc1cc(C(=O)Cc2nc3ccccc3o2)sc1Br. The first-order valence-electron chi connectivity index (χ1n) is 5.77. The minimum absolute atomic E-state index is 0.0327. The maximum absolute atomic E-state index is 12.1. The summed E-state index contributed by atoms with van der Waals surface area (Å²) in [5, 5.41) is 0. The lowest BCUT2D eigenvalue weighted by molar-refractivity contribution is 0.0990. The minimum Gasteiger partial charge on any atom is -0.440 e. The minimum atomic E-state index is 0.0327. The van der Waals surface area contributed by atoms with Crippen LogP contribution in [0.1, 0.15) is 21.1 Å². The molecule has 96 valence electrons. The second-order valence-corrected chi connectivity index (χ2v) is 6.61. The summed E-state index contributed by atoms with van der Waals surface area (Å²) in [6, 6.07) is 9.40. The summed E-state index contributed by atoms with van der Waals surface area (Å²) >= 11 is 4.87. The standard InChI is InChI=1S/C14H10BrNO2S/c1-8-6-12(19-14(8)15)10(17)7-13-16-9-4-2-3-5-11(9)18-13/h2-6H,7H2,1H3. The smallest absolute Gasteiger partial charge is 0.203 e. The Kier molecular flexibility index (Phi) is 3.24. The van der Waals surface area contributed by atoms with Gasteiger partial charge in [-0.05, 0) is 46.6 Å². The number of aromatic nitrogens is 1. The van der Waals surface area contributed by atoms with E-state index in [9.17, 15) is 4.79 Å². The van der Waals surface area contributed by atoms with Crippen LogP contribution >= 0.6 is 27.3 Å². The highest BCUT2D eigenvalue weighted by atomic mass is 79.9. The van der Waals surface area contributed by atoms with Crippen molar-refractivity contribution in [2.45, 2.75) is 13.3 Å². The highest BCUT2D eigenvalue weighted by Crippen LogP contribution is 2.28. The molecule has 0 atom stereocenters. The zero-order chi connectivity index (χ0) is 13.4. The lowest BCUT2D eigenvalue weighted by Gasteiger charge is -1.92. The van der Waals surface area contributed by atoms with E-state index >= 15 is 0 Å². The Morgan fingerprint density at radius 1 is 1.42 bits per heavy atom. The number of oxazole rings is 1. The van der Waals surface area contributed by atoms with Crippen LogP contribution in [0.15, 0.2) is 38.5 Å².